The molecule has 492 valence electrons. The minimum absolute atomic E-state index is 0.265. The molecule has 14 nitrogen and oxygen atoms in total. The van der Waals surface area contributed by atoms with E-state index >= 15 is 0 Å². The van der Waals surface area contributed by atoms with E-state index in [-0.39, 0.29) is 17.2 Å². The van der Waals surface area contributed by atoms with Crippen LogP contribution in [0.2, 0.25) is 0 Å². The second-order valence-corrected chi connectivity index (χ2v) is 23.9. The second kappa shape index (κ2) is 28.3. The third-order valence-electron chi connectivity index (χ3n) is 14.3. The number of nitrogens with zero attached hydrogens (tertiary/aromatic N) is 3. The SMILES string of the molecule is CC(C)(O)c1ccccc1-c1ccc2nc(/C=C/c3ccc(OC(F)(F)F)cc3)[nH]c2c1.CC(O)c1ccccc1-c1ccc2nc(/C=C/c3ccc(OC(F)(F)F)cc3)[nH]c2c1.CS(=O)(=O)Nc1ccccc1-c1ccc2nc(/C=C/c3ccc(OC(F)(F)F)cc3)[nH]c2c1. The Balaban J connectivity index is 0.000000157. The maximum absolute atomic E-state index is 12.3. The van der Waals surface area contributed by atoms with Gasteiger partial charge in [-0.2, -0.15) is 0 Å². The predicted molar refractivity (Wildman–Crippen MR) is 355 cm³/mol. The number of para-hydroxylation sites is 1. The van der Waals surface area contributed by atoms with Crippen molar-refractivity contribution in [3.63, 3.8) is 0 Å². The molecule has 0 saturated heterocycles. The molecule has 0 bridgehead atoms. The number of ether oxygens (including phenoxy) is 3. The number of aromatic nitrogens is 6. The number of sulfonamides is 1. The Morgan fingerprint density at radius 3 is 1.15 bits per heavy atom. The van der Waals surface area contributed by atoms with E-state index in [1.165, 1.54) is 72.8 Å². The highest BCUT2D eigenvalue weighted by molar-refractivity contribution is 7.92. The van der Waals surface area contributed by atoms with Gasteiger partial charge in [0.15, 0.2) is 0 Å². The Bertz CT molecular complexity index is 4900. The summed E-state index contributed by atoms with van der Waals surface area (Å²) in [7, 11) is -3.43. The number of aromatic amines is 3. The van der Waals surface area contributed by atoms with Crippen LogP contribution in [0.25, 0.3) is 103 Å². The molecule has 0 spiro atoms. The van der Waals surface area contributed by atoms with Gasteiger partial charge in [0.25, 0.3) is 0 Å². The number of anilines is 1. The number of benzene rings is 9. The molecule has 0 saturated carbocycles. The molecular formula is C72H58F9N7O7S. The Hall–Kier alpha value is -11.0. The van der Waals surface area contributed by atoms with Crippen LogP contribution in [0.4, 0.5) is 45.2 Å². The summed E-state index contributed by atoms with van der Waals surface area (Å²) in [6, 6.07) is 56.3. The van der Waals surface area contributed by atoms with Crippen LogP contribution in [-0.4, -0.2) is 73.9 Å². The van der Waals surface area contributed by atoms with E-state index in [2.05, 4.69) is 48.8 Å². The first-order valence-corrected chi connectivity index (χ1v) is 31.1. The van der Waals surface area contributed by atoms with Gasteiger partial charge in [0, 0.05) is 5.56 Å². The van der Waals surface area contributed by atoms with Crippen molar-refractivity contribution in [2.45, 2.75) is 51.6 Å². The fraction of sp³-hybridized carbons (Fsp3) is 0.125. The van der Waals surface area contributed by atoms with E-state index in [0.717, 1.165) is 78.3 Å². The fourth-order valence-electron chi connectivity index (χ4n) is 10.1. The zero-order valence-corrected chi connectivity index (χ0v) is 52.0. The molecule has 0 fully saturated rings. The lowest BCUT2D eigenvalue weighted by atomic mass is 9.89. The monoisotopic (exact) mass is 1340 g/mol. The first kappa shape index (κ1) is 67.9. The zero-order chi connectivity index (χ0) is 68.6. The molecule has 9 aromatic carbocycles. The van der Waals surface area contributed by atoms with E-state index in [9.17, 15) is 58.1 Å². The first-order chi connectivity index (χ1) is 45.4. The highest BCUT2D eigenvalue weighted by atomic mass is 32.2. The van der Waals surface area contributed by atoms with Crippen LogP contribution in [-0.2, 0) is 15.6 Å². The number of nitrogens with one attached hydrogen (secondary N) is 4. The van der Waals surface area contributed by atoms with Crippen LogP contribution in [0.3, 0.4) is 0 Å². The molecule has 6 N–H and O–H groups in total. The highest BCUT2D eigenvalue weighted by Crippen LogP contribution is 2.36. The van der Waals surface area contributed by atoms with Crippen LogP contribution in [0.15, 0.2) is 200 Å². The number of H-pyrrole nitrogens is 3. The van der Waals surface area contributed by atoms with Gasteiger partial charge in [-0.1, -0.05) is 140 Å². The van der Waals surface area contributed by atoms with E-state index < -0.39 is 40.8 Å². The molecule has 3 heterocycles. The molecule has 12 rings (SSSR count). The van der Waals surface area contributed by atoms with Crippen molar-refractivity contribution in [2.75, 3.05) is 11.0 Å². The van der Waals surface area contributed by atoms with Crippen molar-refractivity contribution in [1.29, 1.82) is 0 Å². The van der Waals surface area contributed by atoms with Gasteiger partial charge >= 0.3 is 19.1 Å². The van der Waals surface area contributed by atoms with Crippen molar-refractivity contribution in [2.24, 2.45) is 0 Å². The average Bonchev–Trinajstić information content (AvgIpc) is 1.81. The molecule has 12 aromatic rings. The maximum Gasteiger partial charge on any atom is 0.573 e. The third kappa shape index (κ3) is 18.9. The number of hydrogen-bond acceptors (Lipinski definition) is 10. The van der Waals surface area contributed by atoms with Gasteiger partial charge in [-0.15, -0.1) is 39.5 Å². The quantitative estimate of drug-likeness (QED) is 0.0506. The van der Waals surface area contributed by atoms with Crippen LogP contribution >= 0.6 is 0 Å². The van der Waals surface area contributed by atoms with E-state index in [4.69, 9.17) is 0 Å². The summed E-state index contributed by atoms with van der Waals surface area (Å²) in [5.41, 5.74) is 13.3. The molecule has 0 radical (unpaired) electrons. The summed E-state index contributed by atoms with van der Waals surface area (Å²) in [6.07, 6.45) is -3.22. The number of rotatable bonds is 16. The maximum atomic E-state index is 12.3. The van der Waals surface area contributed by atoms with Crippen molar-refractivity contribution >= 4 is 85.3 Å². The molecule has 3 aromatic heterocycles. The fourth-order valence-corrected chi connectivity index (χ4v) is 10.7. The van der Waals surface area contributed by atoms with Gasteiger partial charge in [0.05, 0.1) is 56.7 Å². The summed E-state index contributed by atoms with van der Waals surface area (Å²) >= 11 is 0. The van der Waals surface area contributed by atoms with Gasteiger partial charge in [-0.05, 0) is 173 Å². The van der Waals surface area contributed by atoms with Crippen molar-refractivity contribution in [3.05, 3.63) is 245 Å². The molecular weight excluding hydrogens is 1280 g/mol. The number of aliphatic hydroxyl groups excluding tert-OH is 1. The molecule has 96 heavy (non-hydrogen) atoms. The summed E-state index contributed by atoms with van der Waals surface area (Å²) < 4.78 is 148. The van der Waals surface area contributed by atoms with Gasteiger partial charge in [0.1, 0.15) is 34.7 Å². The van der Waals surface area contributed by atoms with Gasteiger partial charge in [0.2, 0.25) is 10.0 Å². The predicted octanol–water partition coefficient (Wildman–Crippen LogP) is 18.5. The average molecular weight is 1340 g/mol. The Labute approximate surface area is 543 Å². The van der Waals surface area contributed by atoms with Crippen molar-refractivity contribution in [1.82, 2.24) is 29.9 Å². The van der Waals surface area contributed by atoms with Crippen LogP contribution in [0.1, 0.15) is 72.2 Å². The van der Waals surface area contributed by atoms with Crippen LogP contribution in [0, 0.1) is 0 Å². The molecule has 0 amide bonds. The minimum Gasteiger partial charge on any atom is -0.406 e. The van der Waals surface area contributed by atoms with E-state index in [1.54, 1.807) is 69.4 Å². The standard InChI is InChI=1S/C25H21F3N2O2.C24H19F3N2O2.C23H18F3N3O3S/c1-24(2,31)20-6-4-3-5-19(20)17-10-13-21-22(15-17)30-23(29-21)14-9-16-7-11-18(12-8-16)32-25(26,27)28;1-15(30)19-4-2-3-5-20(19)17-9-12-21-22(14-17)29-23(28-21)13-8-16-6-10-18(11-7-16)31-24(25,26)27;1-33(30,31)29-19-5-3-2-4-18(19)16-9-12-20-21(14-16)28-22(27-20)13-8-15-6-10-17(11-7-15)32-23(24,25)26/h3-15,31H,1-2H3,(H,29,30);2-15,30H,1H3,(H,28,29);2-14,29H,1H3,(H,27,28)/b14-9+;2*13-8+. The highest BCUT2D eigenvalue weighted by Gasteiger charge is 2.33. The topological polar surface area (TPSA) is 200 Å². The smallest absolute Gasteiger partial charge is 0.406 e. The Kier molecular flexibility index (Phi) is 20.0. The number of alkyl halides is 9. The third-order valence-corrected chi connectivity index (χ3v) is 14.9. The molecule has 0 aliphatic rings. The van der Waals surface area contributed by atoms with Gasteiger partial charge in [-0.3, -0.25) is 4.72 Å². The molecule has 0 aliphatic heterocycles. The lowest BCUT2D eigenvalue weighted by Crippen LogP contribution is -2.16. The first-order valence-electron chi connectivity index (χ1n) is 29.2. The van der Waals surface area contributed by atoms with E-state index in [1.807, 2.05) is 115 Å². The number of hydrogen-bond donors (Lipinski definition) is 6. The van der Waals surface area contributed by atoms with E-state index in [0.29, 0.717) is 45.4 Å². The molecule has 1 unspecified atom stereocenters. The van der Waals surface area contributed by atoms with Crippen molar-refractivity contribution in [3.8, 4) is 50.6 Å². The number of imidazole rings is 3. The molecule has 24 heteroatoms. The summed E-state index contributed by atoms with van der Waals surface area (Å²) in [6.45, 7) is 5.24. The largest absolute Gasteiger partial charge is 0.573 e. The van der Waals surface area contributed by atoms with Gasteiger partial charge < -0.3 is 39.4 Å². The van der Waals surface area contributed by atoms with Crippen LogP contribution < -0.4 is 18.9 Å². The number of halogens is 9. The Morgan fingerprint density at radius 2 is 0.781 bits per heavy atom. The lowest BCUT2D eigenvalue weighted by molar-refractivity contribution is -0.275. The minimum atomic E-state index is -4.73. The summed E-state index contributed by atoms with van der Waals surface area (Å²) in [5.74, 6) is 0.965. The van der Waals surface area contributed by atoms with Crippen LogP contribution in [0.5, 0.6) is 17.2 Å². The number of fused-ring (bicyclic) bond motifs is 3. The normalized spacial score (nSPS) is 12.7. The van der Waals surface area contributed by atoms with Crippen molar-refractivity contribution < 1.29 is 72.4 Å². The lowest BCUT2D eigenvalue weighted by Gasteiger charge is -2.21. The molecule has 0 aliphatic carbocycles. The zero-order valence-electron chi connectivity index (χ0n) is 51.2. The Morgan fingerprint density at radius 1 is 0.448 bits per heavy atom. The second-order valence-electron chi connectivity index (χ2n) is 22.2. The molecule has 1 atom stereocenters. The summed E-state index contributed by atoms with van der Waals surface area (Å²) in [4.78, 5) is 23.2. The summed E-state index contributed by atoms with van der Waals surface area (Å²) in [5, 5.41) is 20.5. The number of aliphatic hydroxyl groups is 2. The van der Waals surface area contributed by atoms with Gasteiger partial charge in [-0.25, -0.2) is 23.4 Å².